The first-order valence-electron chi connectivity index (χ1n) is 15.9. The van der Waals surface area contributed by atoms with E-state index in [9.17, 15) is 4.39 Å². The molecule has 2 fully saturated rings. The van der Waals surface area contributed by atoms with Gasteiger partial charge in [-0.3, -0.25) is 9.98 Å². The van der Waals surface area contributed by atoms with Crippen molar-refractivity contribution in [2.75, 3.05) is 59.7 Å². The van der Waals surface area contributed by atoms with Crippen molar-refractivity contribution in [3.05, 3.63) is 71.4 Å². The van der Waals surface area contributed by atoms with E-state index in [1.807, 2.05) is 26.0 Å². The van der Waals surface area contributed by atoms with E-state index in [0.29, 0.717) is 63.2 Å². The van der Waals surface area contributed by atoms with E-state index in [1.165, 1.54) is 12.5 Å². The standard InChI is InChI=1S/C35H54FN5O2/c1-9-30-14-16-41(25(3)20-30)35(38-22-26(4)40-17-19-43-24-27(40)5)33(10-2)29(7)39-28(6)31-12-11-13-34(36)32(21-31)23-37-15-18-42-8/h10-11,13,21,25,27,30,37H,4,6,9,12,14-20,22-24H2,1-3,5,7-8H3/b33-10+,38-35+,39-29-/t25-,27?,30?/m0/s1. The third kappa shape index (κ3) is 9.85. The maximum atomic E-state index is 14.8. The number of methoxy groups -OCH3 is 1. The van der Waals surface area contributed by atoms with Crippen LogP contribution in [0.4, 0.5) is 4.39 Å². The zero-order chi connectivity index (χ0) is 31.4. The smallest absolute Gasteiger partial charge is 0.133 e. The quantitative estimate of drug-likeness (QED) is 0.152. The van der Waals surface area contributed by atoms with Crippen molar-refractivity contribution in [1.29, 1.82) is 0 Å². The van der Waals surface area contributed by atoms with Gasteiger partial charge in [-0.2, -0.15) is 0 Å². The Kier molecular flexibility index (Phi) is 14.1. The van der Waals surface area contributed by atoms with Crippen molar-refractivity contribution in [2.45, 2.75) is 72.4 Å². The zero-order valence-electron chi connectivity index (χ0n) is 27.4. The number of rotatable bonds is 13. The summed E-state index contributed by atoms with van der Waals surface area (Å²) in [7, 11) is 1.65. The zero-order valence-corrected chi connectivity index (χ0v) is 27.4. The van der Waals surface area contributed by atoms with Crippen molar-refractivity contribution in [3.8, 4) is 0 Å². The number of aliphatic imine (C=N–C) groups is 2. The summed E-state index contributed by atoms with van der Waals surface area (Å²) >= 11 is 0. The van der Waals surface area contributed by atoms with Crippen molar-refractivity contribution in [1.82, 2.24) is 15.1 Å². The minimum atomic E-state index is -0.240. The van der Waals surface area contributed by atoms with Gasteiger partial charge in [0.2, 0.25) is 0 Å². The van der Waals surface area contributed by atoms with E-state index in [0.717, 1.165) is 60.2 Å². The van der Waals surface area contributed by atoms with Gasteiger partial charge >= 0.3 is 0 Å². The largest absolute Gasteiger partial charge is 0.383 e. The van der Waals surface area contributed by atoms with E-state index >= 15 is 0 Å². The second-order valence-electron chi connectivity index (χ2n) is 11.8. The van der Waals surface area contributed by atoms with Crippen LogP contribution >= 0.6 is 0 Å². The summed E-state index contributed by atoms with van der Waals surface area (Å²) in [6.45, 7) is 24.9. The Morgan fingerprint density at radius 3 is 2.70 bits per heavy atom. The van der Waals surface area contributed by atoms with Gasteiger partial charge in [0.05, 0.1) is 32.1 Å². The van der Waals surface area contributed by atoms with Gasteiger partial charge in [0.15, 0.2) is 0 Å². The maximum Gasteiger partial charge on any atom is 0.133 e. The molecule has 2 heterocycles. The lowest BCUT2D eigenvalue weighted by molar-refractivity contribution is 0.0167. The Hall–Kier alpha value is -2.81. The van der Waals surface area contributed by atoms with Gasteiger partial charge in [0.25, 0.3) is 0 Å². The predicted molar refractivity (Wildman–Crippen MR) is 178 cm³/mol. The van der Waals surface area contributed by atoms with Crippen LogP contribution < -0.4 is 5.32 Å². The molecule has 3 atom stereocenters. The van der Waals surface area contributed by atoms with Crippen molar-refractivity contribution < 1.29 is 13.9 Å². The molecule has 0 bridgehead atoms. The first-order chi connectivity index (χ1) is 20.7. The minimum absolute atomic E-state index is 0.240. The predicted octanol–water partition coefficient (Wildman–Crippen LogP) is 6.40. The first-order valence-corrected chi connectivity index (χ1v) is 15.9. The van der Waals surface area contributed by atoms with Crippen LogP contribution in [0.25, 0.3) is 0 Å². The molecule has 2 unspecified atom stereocenters. The molecule has 1 aliphatic carbocycles. The Morgan fingerprint density at radius 1 is 1.23 bits per heavy atom. The molecular weight excluding hydrogens is 541 g/mol. The second kappa shape index (κ2) is 17.5. The molecule has 1 N–H and O–H groups in total. The van der Waals surface area contributed by atoms with Gasteiger partial charge in [0.1, 0.15) is 11.7 Å². The summed E-state index contributed by atoms with van der Waals surface area (Å²) < 4.78 is 25.5. The SMILES string of the molecule is C=C(\N=C(C)/C(=C\C)C(=N\CC(=C)N1CCOCC1C)/N1CCC(CC)C[C@@H]1C)C1=CC(CNCCOC)=C(F)C=CC1. The molecular formula is C35H54FN5O2. The average Bonchev–Trinajstić information content (AvgIpc) is 3.18. The van der Waals surface area contributed by atoms with E-state index in [-0.39, 0.29) is 11.9 Å². The minimum Gasteiger partial charge on any atom is -0.383 e. The fraction of sp³-hybridized carbons (Fsp3) is 0.600. The second-order valence-corrected chi connectivity index (χ2v) is 11.8. The molecule has 0 amide bonds. The number of piperidine rings is 1. The van der Waals surface area contributed by atoms with E-state index < -0.39 is 0 Å². The van der Waals surface area contributed by atoms with E-state index in [1.54, 1.807) is 7.11 Å². The molecule has 3 rings (SSSR count). The monoisotopic (exact) mass is 595 g/mol. The summed E-state index contributed by atoms with van der Waals surface area (Å²) in [5.74, 6) is 1.46. The van der Waals surface area contributed by atoms with Crippen molar-refractivity contribution in [2.24, 2.45) is 15.9 Å². The lowest BCUT2D eigenvalue weighted by Crippen LogP contribution is -2.46. The summed E-state index contributed by atoms with van der Waals surface area (Å²) in [4.78, 5) is 15.0. The van der Waals surface area contributed by atoms with E-state index in [4.69, 9.17) is 19.5 Å². The lowest BCUT2D eigenvalue weighted by atomic mass is 9.89. The number of nitrogens with zero attached hydrogens (tertiary/aromatic N) is 4. The Labute approximate surface area is 259 Å². The molecule has 238 valence electrons. The molecule has 2 aliphatic heterocycles. The number of amidine groups is 1. The average molecular weight is 596 g/mol. The van der Waals surface area contributed by atoms with Gasteiger partial charge < -0.3 is 24.6 Å². The summed E-state index contributed by atoms with van der Waals surface area (Å²) in [6.07, 6.45) is 11.4. The summed E-state index contributed by atoms with van der Waals surface area (Å²) in [5, 5.41) is 3.24. The van der Waals surface area contributed by atoms with Gasteiger partial charge in [-0.15, -0.1) is 0 Å². The number of hydrogen-bond acceptors (Lipinski definition) is 6. The van der Waals surface area contributed by atoms with Crippen LogP contribution in [-0.2, 0) is 9.47 Å². The third-order valence-corrected chi connectivity index (χ3v) is 8.67. The number of ether oxygens (including phenoxy) is 2. The summed E-state index contributed by atoms with van der Waals surface area (Å²) in [5.41, 5.74) is 4.97. The number of likely N-dealkylation sites (tertiary alicyclic amines) is 1. The molecule has 3 aliphatic rings. The van der Waals surface area contributed by atoms with E-state index in [2.05, 4.69) is 55.1 Å². The highest BCUT2D eigenvalue weighted by Gasteiger charge is 2.29. The highest BCUT2D eigenvalue weighted by Crippen LogP contribution is 2.29. The molecule has 0 aromatic rings. The van der Waals surface area contributed by atoms with Gasteiger partial charge in [-0.05, 0) is 70.6 Å². The highest BCUT2D eigenvalue weighted by atomic mass is 19.1. The molecule has 7 nitrogen and oxygen atoms in total. The van der Waals surface area contributed by atoms with Crippen LogP contribution in [0.3, 0.4) is 0 Å². The first kappa shape index (κ1) is 34.7. The van der Waals surface area contributed by atoms with Crippen LogP contribution in [0.2, 0.25) is 0 Å². The van der Waals surface area contributed by atoms with Crippen LogP contribution in [0.15, 0.2) is 81.4 Å². The number of halogens is 1. The van der Waals surface area contributed by atoms with Gasteiger partial charge in [-0.25, -0.2) is 4.39 Å². The molecule has 0 aromatic carbocycles. The fourth-order valence-electron chi connectivity index (χ4n) is 6.04. The van der Waals surface area contributed by atoms with Crippen LogP contribution in [0, 0.1) is 5.92 Å². The molecule has 43 heavy (non-hydrogen) atoms. The van der Waals surface area contributed by atoms with Crippen molar-refractivity contribution >= 4 is 11.5 Å². The Bertz CT molecular complexity index is 1160. The number of allylic oxidation sites excluding steroid dienone is 5. The van der Waals surface area contributed by atoms with Crippen molar-refractivity contribution in [3.63, 3.8) is 0 Å². The van der Waals surface area contributed by atoms with Gasteiger partial charge in [0, 0.05) is 67.9 Å². The normalized spacial score (nSPS) is 24.3. The molecule has 8 heteroatoms. The summed E-state index contributed by atoms with van der Waals surface area (Å²) in [6, 6.07) is 0.655. The van der Waals surface area contributed by atoms with Crippen LogP contribution in [0.5, 0.6) is 0 Å². The molecule has 2 saturated heterocycles. The van der Waals surface area contributed by atoms with Crippen LogP contribution in [-0.4, -0.2) is 93.1 Å². The topological polar surface area (TPSA) is 61.7 Å². The maximum absolute atomic E-state index is 14.8. The Balaban J connectivity index is 1.88. The van der Waals surface area contributed by atoms with Crippen LogP contribution in [0.1, 0.15) is 60.3 Å². The Morgan fingerprint density at radius 2 is 2.02 bits per heavy atom. The molecule has 0 spiro atoms. The highest BCUT2D eigenvalue weighted by molar-refractivity contribution is 6.23. The lowest BCUT2D eigenvalue weighted by Gasteiger charge is -2.40. The molecule has 0 saturated carbocycles. The molecule has 0 radical (unpaired) electrons. The third-order valence-electron chi connectivity index (χ3n) is 8.67. The number of hydrogen-bond donors (Lipinski definition) is 1. The van der Waals surface area contributed by atoms with Gasteiger partial charge in [-0.1, -0.05) is 38.7 Å². The molecule has 0 aromatic heterocycles. The number of nitrogens with one attached hydrogen (secondary N) is 1. The fourth-order valence-corrected chi connectivity index (χ4v) is 6.04. The number of morpholine rings is 1.